The van der Waals surface area contributed by atoms with Crippen molar-refractivity contribution in [2.45, 2.75) is 89.8 Å². The summed E-state index contributed by atoms with van der Waals surface area (Å²) in [6, 6.07) is 0.828. The summed E-state index contributed by atoms with van der Waals surface area (Å²) in [5, 5.41) is 9.74. The first-order valence-corrected chi connectivity index (χ1v) is 9.08. The molecule has 2 aliphatic carbocycles. The highest BCUT2D eigenvalue weighted by Crippen LogP contribution is 2.43. The monoisotopic (exact) mass is 293 g/mol. The second kappa shape index (κ2) is 6.28. The van der Waals surface area contributed by atoms with Crippen LogP contribution in [0.5, 0.6) is 0 Å². The Morgan fingerprint density at radius 1 is 0.952 bits per heavy atom. The first kappa shape index (κ1) is 15.3. The Morgan fingerprint density at radius 2 is 1.71 bits per heavy atom. The Labute approximate surface area is 129 Å². The third-order valence-electron chi connectivity index (χ3n) is 6.51. The molecular formula is C18H31NO2. The van der Waals surface area contributed by atoms with Gasteiger partial charge in [0.05, 0.1) is 0 Å². The van der Waals surface area contributed by atoms with E-state index < -0.39 is 5.97 Å². The minimum absolute atomic E-state index is 0.220. The maximum atomic E-state index is 11.8. The number of nitrogens with zero attached hydrogens (tertiary/aromatic N) is 1. The van der Waals surface area contributed by atoms with E-state index in [-0.39, 0.29) is 6.04 Å². The standard InChI is InChI=1S/C18H31NO2/c1-12-7-8-13(2)17(11-12)19-15-6-4-3-5-14(15)9-10-16(19)18(20)21/h12-17H,3-11H2,1-2H3,(H,20,21). The lowest BCUT2D eigenvalue weighted by atomic mass is 9.72. The number of carbonyl (C=O) groups is 1. The Bertz CT molecular complexity index is 383. The highest BCUT2D eigenvalue weighted by molar-refractivity contribution is 5.73. The van der Waals surface area contributed by atoms with Crippen molar-refractivity contribution in [1.82, 2.24) is 4.90 Å². The molecular weight excluding hydrogens is 262 g/mol. The molecule has 0 spiro atoms. The summed E-state index contributed by atoms with van der Waals surface area (Å²) in [6.45, 7) is 4.69. The molecule has 1 saturated heterocycles. The summed E-state index contributed by atoms with van der Waals surface area (Å²) >= 11 is 0. The molecule has 21 heavy (non-hydrogen) atoms. The minimum Gasteiger partial charge on any atom is -0.480 e. The molecule has 1 aliphatic heterocycles. The Morgan fingerprint density at radius 3 is 2.48 bits per heavy atom. The number of likely N-dealkylation sites (tertiary alicyclic amines) is 1. The Kier molecular flexibility index (Phi) is 4.58. The number of aliphatic carboxylic acids is 1. The lowest BCUT2D eigenvalue weighted by Crippen LogP contribution is -2.61. The molecule has 0 aromatic heterocycles. The number of fused-ring (bicyclic) bond motifs is 1. The number of carboxylic acids is 1. The smallest absolute Gasteiger partial charge is 0.320 e. The van der Waals surface area contributed by atoms with Crippen molar-refractivity contribution in [2.75, 3.05) is 0 Å². The van der Waals surface area contributed by atoms with E-state index in [4.69, 9.17) is 0 Å². The molecule has 6 unspecified atom stereocenters. The van der Waals surface area contributed by atoms with Gasteiger partial charge >= 0.3 is 5.97 Å². The number of carboxylic acid groups (broad SMARTS) is 1. The summed E-state index contributed by atoms with van der Waals surface area (Å²) in [5.74, 6) is 1.59. The van der Waals surface area contributed by atoms with Gasteiger partial charge in [-0.05, 0) is 56.3 Å². The van der Waals surface area contributed by atoms with Crippen LogP contribution in [0, 0.1) is 17.8 Å². The van der Waals surface area contributed by atoms with Gasteiger partial charge in [0.15, 0.2) is 0 Å². The zero-order valence-electron chi connectivity index (χ0n) is 13.6. The van der Waals surface area contributed by atoms with Gasteiger partial charge in [-0.25, -0.2) is 0 Å². The molecule has 0 radical (unpaired) electrons. The lowest BCUT2D eigenvalue weighted by molar-refractivity contribution is -0.152. The molecule has 3 fully saturated rings. The molecule has 0 aromatic carbocycles. The van der Waals surface area contributed by atoms with E-state index >= 15 is 0 Å². The normalized spacial score (nSPS) is 45.0. The van der Waals surface area contributed by atoms with Crippen molar-refractivity contribution in [3.05, 3.63) is 0 Å². The second-order valence-corrected chi connectivity index (χ2v) is 7.95. The first-order valence-electron chi connectivity index (χ1n) is 9.08. The molecule has 1 N–H and O–H groups in total. The van der Waals surface area contributed by atoms with Crippen LogP contribution in [-0.2, 0) is 4.79 Å². The molecule has 6 atom stereocenters. The van der Waals surface area contributed by atoms with E-state index in [0.717, 1.165) is 24.7 Å². The maximum absolute atomic E-state index is 11.8. The molecule has 0 amide bonds. The summed E-state index contributed by atoms with van der Waals surface area (Å²) < 4.78 is 0. The number of rotatable bonds is 2. The highest BCUT2D eigenvalue weighted by atomic mass is 16.4. The summed E-state index contributed by atoms with van der Waals surface area (Å²) in [6.07, 6.45) is 11.0. The average Bonchev–Trinajstić information content (AvgIpc) is 2.48. The quantitative estimate of drug-likeness (QED) is 0.839. The van der Waals surface area contributed by atoms with Crippen LogP contribution >= 0.6 is 0 Å². The molecule has 120 valence electrons. The molecule has 1 heterocycles. The highest BCUT2D eigenvalue weighted by Gasteiger charge is 2.46. The third kappa shape index (κ3) is 2.99. The predicted octanol–water partition coefficient (Wildman–Crippen LogP) is 3.92. The number of piperidine rings is 1. The summed E-state index contributed by atoms with van der Waals surface area (Å²) in [5.41, 5.74) is 0. The van der Waals surface area contributed by atoms with Crippen LogP contribution < -0.4 is 0 Å². The molecule has 3 nitrogen and oxygen atoms in total. The van der Waals surface area contributed by atoms with Crippen molar-refractivity contribution in [2.24, 2.45) is 17.8 Å². The van der Waals surface area contributed by atoms with Gasteiger partial charge < -0.3 is 5.11 Å². The van der Waals surface area contributed by atoms with Crippen LogP contribution in [0.25, 0.3) is 0 Å². The Hall–Kier alpha value is -0.570. The first-order chi connectivity index (χ1) is 10.1. The fourth-order valence-electron chi connectivity index (χ4n) is 5.32. The van der Waals surface area contributed by atoms with Crippen molar-refractivity contribution in [3.63, 3.8) is 0 Å². The second-order valence-electron chi connectivity index (χ2n) is 7.95. The van der Waals surface area contributed by atoms with Gasteiger partial charge in [-0.3, -0.25) is 9.69 Å². The van der Waals surface area contributed by atoms with E-state index in [9.17, 15) is 9.90 Å². The molecule has 3 aliphatic rings. The van der Waals surface area contributed by atoms with E-state index in [1.807, 2.05) is 0 Å². The molecule has 2 saturated carbocycles. The van der Waals surface area contributed by atoms with E-state index in [0.29, 0.717) is 18.0 Å². The molecule has 0 aromatic rings. The zero-order chi connectivity index (χ0) is 15.0. The van der Waals surface area contributed by atoms with Gasteiger partial charge in [0, 0.05) is 12.1 Å². The van der Waals surface area contributed by atoms with Crippen LogP contribution in [-0.4, -0.2) is 34.1 Å². The van der Waals surface area contributed by atoms with Crippen LogP contribution in [0.2, 0.25) is 0 Å². The van der Waals surface area contributed by atoms with Crippen LogP contribution in [0.1, 0.15) is 71.6 Å². The van der Waals surface area contributed by atoms with Crippen molar-refractivity contribution >= 4 is 5.97 Å². The lowest BCUT2D eigenvalue weighted by Gasteiger charge is -2.53. The summed E-state index contributed by atoms with van der Waals surface area (Å²) in [4.78, 5) is 14.3. The topological polar surface area (TPSA) is 40.5 Å². The van der Waals surface area contributed by atoms with Crippen LogP contribution in [0.3, 0.4) is 0 Å². The van der Waals surface area contributed by atoms with Gasteiger partial charge in [0.2, 0.25) is 0 Å². The third-order valence-corrected chi connectivity index (χ3v) is 6.51. The van der Waals surface area contributed by atoms with Gasteiger partial charge in [0.1, 0.15) is 6.04 Å². The van der Waals surface area contributed by atoms with Gasteiger partial charge in [-0.1, -0.05) is 33.1 Å². The Balaban J connectivity index is 1.86. The summed E-state index contributed by atoms with van der Waals surface area (Å²) in [7, 11) is 0. The minimum atomic E-state index is -0.579. The largest absolute Gasteiger partial charge is 0.480 e. The van der Waals surface area contributed by atoms with Crippen molar-refractivity contribution in [3.8, 4) is 0 Å². The van der Waals surface area contributed by atoms with Crippen molar-refractivity contribution < 1.29 is 9.90 Å². The van der Waals surface area contributed by atoms with Gasteiger partial charge in [-0.15, -0.1) is 0 Å². The number of hydrogen-bond acceptors (Lipinski definition) is 2. The van der Waals surface area contributed by atoms with E-state index in [2.05, 4.69) is 18.7 Å². The fourth-order valence-corrected chi connectivity index (χ4v) is 5.32. The SMILES string of the molecule is CC1CCC(C)C(N2C(C(=O)O)CCC3CCCCC32)C1. The van der Waals surface area contributed by atoms with Gasteiger partial charge in [0.25, 0.3) is 0 Å². The maximum Gasteiger partial charge on any atom is 0.320 e. The predicted molar refractivity (Wildman–Crippen MR) is 84.2 cm³/mol. The van der Waals surface area contributed by atoms with E-state index in [1.54, 1.807) is 0 Å². The fraction of sp³-hybridized carbons (Fsp3) is 0.944. The zero-order valence-corrected chi connectivity index (χ0v) is 13.6. The molecule has 0 bridgehead atoms. The number of hydrogen-bond donors (Lipinski definition) is 1. The molecule has 3 heteroatoms. The van der Waals surface area contributed by atoms with Crippen LogP contribution in [0.4, 0.5) is 0 Å². The average molecular weight is 293 g/mol. The van der Waals surface area contributed by atoms with Crippen LogP contribution in [0.15, 0.2) is 0 Å². The van der Waals surface area contributed by atoms with Crippen molar-refractivity contribution in [1.29, 1.82) is 0 Å². The van der Waals surface area contributed by atoms with Gasteiger partial charge in [-0.2, -0.15) is 0 Å². The van der Waals surface area contributed by atoms with E-state index in [1.165, 1.54) is 44.9 Å². The molecule has 3 rings (SSSR count).